The van der Waals surface area contributed by atoms with Crippen molar-refractivity contribution in [1.29, 1.82) is 0 Å². The minimum absolute atomic E-state index is 0.740. The van der Waals surface area contributed by atoms with E-state index >= 15 is 0 Å². The van der Waals surface area contributed by atoms with E-state index in [-0.39, 0.29) is 0 Å². The molecule has 1 aromatic carbocycles. The van der Waals surface area contributed by atoms with Gasteiger partial charge < -0.3 is 0 Å². The third-order valence-electron chi connectivity index (χ3n) is 1.85. The van der Waals surface area contributed by atoms with Crippen molar-refractivity contribution in [2.24, 2.45) is 0 Å². The number of hydrogen-bond acceptors (Lipinski definition) is 2. The number of aryl methyl sites for hydroxylation is 1. The van der Waals surface area contributed by atoms with Crippen LogP contribution >= 0.6 is 12.6 Å². The molecule has 0 spiro atoms. The predicted octanol–water partition coefficient (Wildman–Crippen LogP) is 1.64. The number of thiol groups is 1. The Balaban J connectivity index is 2.59. The molecule has 0 aromatic heterocycles. The molecule has 0 amide bonds. The molecule has 3 heteroatoms. The van der Waals surface area contributed by atoms with Gasteiger partial charge in [-0.1, -0.05) is 0 Å². The standard InChI is InChI=1S/C8H8OS2/c9-11-4-3-6-5-7(10)1-2-8(6)11/h1-2,5,10H,3-4H2. The fourth-order valence-corrected chi connectivity index (χ4v) is 2.82. The highest BCUT2D eigenvalue weighted by Crippen LogP contribution is 2.24. The third-order valence-corrected chi connectivity index (χ3v) is 3.59. The second-order valence-corrected chi connectivity index (χ2v) is 4.65. The first-order valence-electron chi connectivity index (χ1n) is 3.47. The number of rotatable bonds is 0. The predicted molar refractivity (Wildman–Crippen MR) is 48.7 cm³/mol. The lowest BCUT2D eigenvalue weighted by Crippen LogP contribution is -1.86. The van der Waals surface area contributed by atoms with Crippen LogP contribution in [-0.2, 0) is 17.2 Å². The van der Waals surface area contributed by atoms with Gasteiger partial charge in [-0.15, -0.1) is 12.6 Å². The summed E-state index contributed by atoms with van der Waals surface area (Å²) in [5.41, 5.74) is 1.20. The zero-order valence-electron chi connectivity index (χ0n) is 5.91. The number of hydrogen-bond donors (Lipinski definition) is 1. The molecule has 1 nitrogen and oxygen atoms in total. The van der Waals surface area contributed by atoms with Crippen LogP contribution in [0.2, 0.25) is 0 Å². The van der Waals surface area contributed by atoms with Crippen LogP contribution in [0.25, 0.3) is 0 Å². The van der Waals surface area contributed by atoms with Gasteiger partial charge in [-0.05, 0) is 30.2 Å². The molecule has 58 valence electrons. The van der Waals surface area contributed by atoms with E-state index in [2.05, 4.69) is 12.6 Å². The molecular weight excluding hydrogens is 176 g/mol. The summed E-state index contributed by atoms with van der Waals surface area (Å²) in [5, 5.41) is 0. The van der Waals surface area contributed by atoms with Gasteiger partial charge >= 0.3 is 0 Å². The maximum Gasteiger partial charge on any atom is 0.0535 e. The minimum Gasteiger partial charge on any atom is -0.254 e. The van der Waals surface area contributed by atoms with Gasteiger partial charge in [-0.3, -0.25) is 4.21 Å². The number of benzene rings is 1. The molecule has 1 aliphatic rings. The Hall–Kier alpha value is -0.280. The third kappa shape index (κ3) is 1.23. The van der Waals surface area contributed by atoms with Crippen molar-refractivity contribution in [2.75, 3.05) is 5.75 Å². The smallest absolute Gasteiger partial charge is 0.0535 e. The summed E-state index contributed by atoms with van der Waals surface area (Å²) in [6.07, 6.45) is 0.941. The first-order valence-corrected chi connectivity index (χ1v) is 5.24. The molecular formula is C8H8OS2. The molecule has 0 fully saturated rings. The van der Waals surface area contributed by atoms with E-state index in [1.165, 1.54) is 5.56 Å². The maximum absolute atomic E-state index is 11.3. The Labute approximate surface area is 73.7 Å². The molecule has 0 N–H and O–H groups in total. The minimum atomic E-state index is -0.740. The molecule has 1 aromatic rings. The van der Waals surface area contributed by atoms with E-state index in [1.807, 2.05) is 18.2 Å². The summed E-state index contributed by atoms with van der Waals surface area (Å²) >= 11 is 4.21. The second-order valence-electron chi connectivity index (χ2n) is 2.59. The first-order chi connectivity index (χ1) is 5.27. The largest absolute Gasteiger partial charge is 0.254 e. The fourth-order valence-electron chi connectivity index (χ4n) is 1.30. The molecule has 0 saturated heterocycles. The highest BCUT2D eigenvalue weighted by atomic mass is 32.2. The van der Waals surface area contributed by atoms with Crippen molar-refractivity contribution in [1.82, 2.24) is 0 Å². The number of fused-ring (bicyclic) bond motifs is 1. The first kappa shape index (κ1) is 7.37. The van der Waals surface area contributed by atoms with E-state index in [0.717, 1.165) is 22.0 Å². The molecule has 11 heavy (non-hydrogen) atoms. The molecule has 0 saturated carbocycles. The Morgan fingerprint density at radius 2 is 2.27 bits per heavy atom. The topological polar surface area (TPSA) is 17.1 Å². The Morgan fingerprint density at radius 3 is 3.09 bits per heavy atom. The second kappa shape index (κ2) is 2.64. The van der Waals surface area contributed by atoms with Crippen LogP contribution in [-0.4, -0.2) is 9.96 Å². The van der Waals surface area contributed by atoms with Crippen LogP contribution < -0.4 is 0 Å². The molecule has 0 bridgehead atoms. The highest BCUT2D eigenvalue weighted by Gasteiger charge is 2.17. The Bertz CT molecular complexity index is 320. The monoisotopic (exact) mass is 184 g/mol. The van der Waals surface area contributed by atoms with Gasteiger partial charge in [0, 0.05) is 15.5 Å². The van der Waals surface area contributed by atoms with Gasteiger partial charge in [0.25, 0.3) is 0 Å². The SMILES string of the molecule is O=S1CCc2cc(S)ccc21. The van der Waals surface area contributed by atoms with Crippen LogP contribution in [0.3, 0.4) is 0 Å². The molecule has 1 atom stereocenters. The van der Waals surface area contributed by atoms with Crippen LogP contribution in [0.1, 0.15) is 5.56 Å². The van der Waals surface area contributed by atoms with Gasteiger partial charge in [-0.2, -0.15) is 0 Å². The molecule has 0 radical (unpaired) electrons. The summed E-state index contributed by atoms with van der Waals surface area (Å²) < 4.78 is 11.3. The summed E-state index contributed by atoms with van der Waals surface area (Å²) in [6, 6.07) is 5.81. The van der Waals surface area contributed by atoms with Crippen LogP contribution in [0.4, 0.5) is 0 Å². The van der Waals surface area contributed by atoms with Gasteiger partial charge in [-0.25, -0.2) is 0 Å². The average molecular weight is 184 g/mol. The van der Waals surface area contributed by atoms with Gasteiger partial charge in [0.15, 0.2) is 0 Å². The highest BCUT2D eigenvalue weighted by molar-refractivity contribution is 7.85. The summed E-state index contributed by atoms with van der Waals surface area (Å²) in [6.45, 7) is 0. The van der Waals surface area contributed by atoms with E-state index in [1.54, 1.807) is 0 Å². The van der Waals surface area contributed by atoms with E-state index in [4.69, 9.17) is 0 Å². The summed E-state index contributed by atoms with van der Waals surface area (Å²) in [5.74, 6) is 0.784. The van der Waals surface area contributed by atoms with E-state index in [0.29, 0.717) is 0 Å². The van der Waals surface area contributed by atoms with Crippen molar-refractivity contribution in [3.05, 3.63) is 23.8 Å². The zero-order valence-corrected chi connectivity index (χ0v) is 7.62. The molecule has 1 aliphatic heterocycles. The quantitative estimate of drug-likeness (QED) is 0.607. The Kier molecular flexibility index (Phi) is 1.77. The van der Waals surface area contributed by atoms with Crippen molar-refractivity contribution >= 4 is 23.4 Å². The lowest BCUT2D eigenvalue weighted by Gasteiger charge is -1.96. The van der Waals surface area contributed by atoms with Gasteiger partial charge in [0.1, 0.15) is 0 Å². The van der Waals surface area contributed by atoms with E-state index in [9.17, 15) is 4.21 Å². The van der Waals surface area contributed by atoms with Crippen LogP contribution in [0, 0.1) is 0 Å². The average Bonchev–Trinajstić information content (AvgIpc) is 2.32. The lowest BCUT2D eigenvalue weighted by atomic mass is 10.2. The van der Waals surface area contributed by atoms with E-state index < -0.39 is 10.8 Å². The van der Waals surface area contributed by atoms with Crippen molar-refractivity contribution < 1.29 is 4.21 Å². The molecule has 1 unspecified atom stereocenters. The maximum atomic E-state index is 11.3. The normalized spacial score (nSPS) is 21.7. The molecule has 1 heterocycles. The molecule has 2 rings (SSSR count). The van der Waals surface area contributed by atoms with Gasteiger partial charge in [0.05, 0.1) is 10.8 Å². The van der Waals surface area contributed by atoms with Crippen molar-refractivity contribution in [2.45, 2.75) is 16.2 Å². The fraction of sp³-hybridized carbons (Fsp3) is 0.250. The van der Waals surface area contributed by atoms with Crippen molar-refractivity contribution in [3.8, 4) is 0 Å². The summed E-state index contributed by atoms with van der Waals surface area (Å²) in [4.78, 5) is 1.96. The van der Waals surface area contributed by atoms with Crippen LogP contribution in [0.15, 0.2) is 28.0 Å². The zero-order chi connectivity index (χ0) is 7.84. The summed E-state index contributed by atoms with van der Waals surface area (Å²) in [7, 11) is -0.740. The Morgan fingerprint density at radius 1 is 1.45 bits per heavy atom. The van der Waals surface area contributed by atoms with Crippen LogP contribution in [0.5, 0.6) is 0 Å². The van der Waals surface area contributed by atoms with Gasteiger partial charge in [0.2, 0.25) is 0 Å². The molecule has 0 aliphatic carbocycles. The van der Waals surface area contributed by atoms with Crippen molar-refractivity contribution in [3.63, 3.8) is 0 Å². The lowest BCUT2D eigenvalue weighted by molar-refractivity contribution is 0.685.